The van der Waals surface area contributed by atoms with Gasteiger partial charge in [0.05, 0.1) is 28.4 Å². The zero-order valence-electron chi connectivity index (χ0n) is 17.6. The number of nitriles is 1. The lowest BCUT2D eigenvalue weighted by Gasteiger charge is -2.26. The highest BCUT2D eigenvalue weighted by Gasteiger charge is 2.33. The first kappa shape index (κ1) is 19.2. The molecule has 7 heteroatoms. The second kappa shape index (κ2) is 7.18. The molecule has 31 heavy (non-hydrogen) atoms. The molecule has 5 rings (SSSR count). The van der Waals surface area contributed by atoms with E-state index in [9.17, 15) is 5.26 Å². The summed E-state index contributed by atoms with van der Waals surface area (Å²) in [6.07, 6.45) is 6.36. The highest BCUT2D eigenvalue weighted by atomic mass is 15.2. The SMILES string of the molecule is Cc1ccnc2nc(-c3cncc(-c4cccc(C#N)c4)c3N3CCC(C)(N)C3)[nH]c12. The molecule has 154 valence electrons. The van der Waals surface area contributed by atoms with Crippen LogP contribution >= 0.6 is 0 Å². The number of nitrogens with one attached hydrogen (secondary N) is 1. The van der Waals surface area contributed by atoms with Crippen LogP contribution in [0.4, 0.5) is 5.69 Å². The van der Waals surface area contributed by atoms with Crippen LogP contribution in [0.5, 0.6) is 0 Å². The molecule has 0 radical (unpaired) electrons. The average molecular weight is 409 g/mol. The molecule has 0 aliphatic carbocycles. The van der Waals surface area contributed by atoms with E-state index in [4.69, 9.17) is 10.7 Å². The molecular formula is C24H23N7. The van der Waals surface area contributed by atoms with E-state index in [1.54, 1.807) is 12.3 Å². The number of aryl methyl sites for hydroxylation is 1. The van der Waals surface area contributed by atoms with Crippen molar-refractivity contribution in [1.82, 2.24) is 19.9 Å². The number of benzene rings is 1. The highest BCUT2D eigenvalue weighted by molar-refractivity contribution is 5.91. The molecule has 1 aliphatic rings. The van der Waals surface area contributed by atoms with E-state index in [0.717, 1.165) is 58.8 Å². The van der Waals surface area contributed by atoms with E-state index >= 15 is 0 Å². The Morgan fingerprint density at radius 2 is 2.06 bits per heavy atom. The normalized spacial score (nSPS) is 18.5. The van der Waals surface area contributed by atoms with Crippen molar-refractivity contribution in [3.05, 3.63) is 60.0 Å². The van der Waals surface area contributed by atoms with Gasteiger partial charge in [-0.3, -0.25) is 4.98 Å². The van der Waals surface area contributed by atoms with Crippen LogP contribution in [0.2, 0.25) is 0 Å². The first-order valence-electron chi connectivity index (χ1n) is 10.3. The van der Waals surface area contributed by atoms with Crippen LogP contribution in [-0.4, -0.2) is 38.6 Å². The van der Waals surface area contributed by atoms with Gasteiger partial charge in [-0.25, -0.2) is 9.97 Å². The van der Waals surface area contributed by atoms with Gasteiger partial charge in [-0.2, -0.15) is 5.26 Å². The Hall–Kier alpha value is -3.76. The van der Waals surface area contributed by atoms with Crippen LogP contribution in [0, 0.1) is 18.3 Å². The van der Waals surface area contributed by atoms with E-state index in [-0.39, 0.29) is 5.54 Å². The molecule has 0 spiro atoms. The van der Waals surface area contributed by atoms with Crippen molar-refractivity contribution < 1.29 is 0 Å². The first-order chi connectivity index (χ1) is 14.9. The third kappa shape index (κ3) is 3.41. The molecule has 4 aromatic rings. The molecule has 1 atom stereocenters. The molecule has 1 unspecified atom stereocenters. The molecule has 3 aromatic heterocycles. The van der Waals surface area contributed by atoms with Gasteiger partial charge in [0.25, 0.3) is 0 Å². The molecular weight excluding hydrogens is 386 g/mol. The predicted octanol–water partition coefficient (Wildman–Crippen LogP) is 3.79. The van der Waals surface area contributed by atoms with Crippen LogP contribution in [-0.2, 0) is 0 Å². The van der Waals surface area contributed by atoms with Crippen molar-refractivity contribution in [3.8, 4) is 28.6 Å². The maximum atomic E-state index is 9.38. The number of imidazole rings is 1. The number of aromatic nitrogens is 4. The monoisotopic (exact) mass is 409 g/mol. The minimum Gasteiger partial charge on any atom is -0.368 e. The Morgan fingerprint density at radius 1 is 1.23 bits per heavy atom. The molecule has 1 aromatic carbocycles. The lowest BCUT2D eigenvalue weighted by molar-refractivity contribution is 0.525. The number of nitrogens with two attached hydrogens (primary N) is 1. The molecule has 0 amide bonds. The summed E-state index contributed by atoms with van der Waals surface area (Å²) >= 11 is 0. The Morgan fingerprint density at radius 3 is 2.81 bits per heavy atom. The predicted molar refractivity (Wildman–Crippen MR) is 121 cm³/mol. The number of anilines is 1. The van der Waals surface area contributed by atoms with Crippen molar-refractivity contribution >= 4 is 16.9 Å². The highest BCUT2D eigenvalue weighted by Crippen LogP contribution is 2.41. The number of nitrogens with zero attached hydrogens (tertiary/aromatic N) is 5. The maximum Gasteiger partial charge on any atom is 0.178 e. The average Bonchev–Trinajstić information content (AvgIpc) is 3.37. The standard InChI is InChI=1S/C24H23N7/c1-15-6-8-28-23-20(15)29-22(30-23)19-13-27-12-18(17-5-3-4-16(10-17)11-25)21(19)31-9-7-24(2,26)14-31/h3-6,8,10,12-13H,7,9,14,26H2,1-2H3,(H,28,29,30). The molecule has 4 heterocycles. The van der Waals surface area contributed by atoms with Crippen LogP contribution in [0.3, 0.4) is 0 Å². The topological polar surface area (TPSA) is 108 Å². The zero-order chi connectivity index (χ0) is 21.6. The van der Waals surface area contributed by atoms with Crippen LogP contribution < -0.4 is 10.6 Å². The number of fused-ring (bicyclic) bond motifs is 1. The van der Waals surface area contributed by atoms with Gasteiger partial charge in [0.2, 0.25) is 0 Å². The largest absolute Gasteiger partial charge is 0.368 e. The summed E-state index contributed by atoms with van der Waals surface area (Å²) in [4.78, 5) is 19.5. The van der Waals surface area contributed by atoms with Gasteiger partial charge in [0.1, 0.15) is 5.82 Å². The lowest BCUT2D eigenvalue weighted by atomic mass is 9.99. The van der Waals surface area contributed by atoms with Gasteiger partial charge in [-0.1, -0.05) is 12.1 Å². The smallest absolute Gasteiger partial charge is 0.178 e. The first-order valence-corrected chi connectivity index (χ1v) is 10.3. The third-order valence-corrected chi connectivity index (χ3v) is 5.90. The van der Waals surface area contributed by atoms with Gasteiger partial charge in [0.15, 0.2) is 5.65 Å². The zero-order valence-corrected chi connectivity index (χ0v) is 17.6. The molecule has 0 saturated carbocycles. The Balaban J connectivity index is 1.74. The van der Waals surface area contributed by atoms with Crippen LogP contribution in [0.15, 0.2) is 48.9 Å². The Bertz CT molecular complexity index is 1330. The van der Waals surface area contributed by atoms with Gasteiger partial charge in [-0.05, 0) is 49.6 Å². The second-order valence-corrected chi connectivity index (χ2v) is 8.51. The Kier molecular flexibility index (Phi) is 4.45. The summed E-state index contributed by atoms with van der Waals surface area (Å²) in [5.41, 5.74) is 13.3. The summed E-state index contributed by atoms with van der Waals surface area (Å²) in [5.74, 6) is 0.725. The van der Waals surface area contributed by atoms with E-state index in [0.29, 0.717) is 11.2 Å². The van der Waals surface area contributed by atoms with E-state index in [1.807, 2.05) is 43.6 Å². The number of hydrogen-bond donors (Lipinski definition) is 2. The summed E-state index contributed by atoms with van der Waals surface area (Å²) < 4.78 is 0. The second-order valence-electron chi connectivity index (χ2n) is 8.51. The lowest BCUT2D eigenvalue weighted by Crippen LogP contribution is -2.39. The summed E-state index contributed by atoms with van der Waals surface area (Å²) in [7, 11) is 0. The number of hydrogen-bond acceptors (Lipinski definition) is 6. The molecule has 1 saturated heterocycles. The number of aromatic amines is 1. The fraction of sp³-hybridized carbons (Fsp3) is 0.250. The molecule has 1 fully saturated rings. The molecule has 3 N–H and O–H groups in total. The molecule has 0 bridgehead atoms. The fourth-order valence-corrected chi connectivity index (χ4v) is 4.27. The van der Waals surface area contributed by atoms with Gasteiger partial charge in [-0.15, -0.1) is 0 Å². The van der Waals surface area contributed by atoms with Gasteiger partial charge >= 0.3 is 0 Å². The minimum atomic E-state index is -0.266. The maximum absolute atomic E-state index is 9.38. The number of H-pyrrole nitrogens is 1. The van der Waals surface area contributed by atoms with Gasteiger partial charge < -0.3 is 15.6 Å². The van der Waals surface area contributed by atoms with Crippen LogP contribution in [0.25, 0.3) is 33.7 Å². The third-order valence-electron chi connectivity index (χ3n) is 5.90. The summed E-state index contributed by atoms with van der Waals surface area (Å²) in [6.45, 7) is 5.69. The molecule has 7 nitrogen and oxygen atoms in total. The quantitative estimate of drug-likeness (QED) is 0.533. The number of pyridine rings is 2. The van der Waals surface area contributed by atoms with Crippen molar-refractivity contribution in [1.29, 1.82) is 5.26 Å². The van der Waals surface area contributed by atoms with Crippen LogP contribution in [0.1, 0.15) is 24.5 Å². The van der Waals surface area contributed by atoms with E-state index in [1.165, 1.54) is 0 Å². The van der Waals surface area contributed by atoms with Crippen molar-refractivity contribution in [2.75, 3.05) is 18.0 Å². The van der Waals surface area contributed by atoms with Gasteiger partial charge in [0, 0.05) is 42.8 Å². The Labute approximate surface area is 180 Å². The van der Waals surface area contributed by atoms with Crippen molar-refractivity contribution in [2.24, 2.45) is 5.73 Å². The van der Waals surface area contributed by atoms with E-state index in [2.05, 4.69) is 32.8 Å². The summed E-state index contributed by atoms with van der Waals surface area (Å²) in [6, 6.07) is 11.8. The van der Waals surface area contributed by atoms with Crippen molar-refractivity contribution in [3.63, 3.8) is 0 Å². The summed E-state index contributed by atoms with van der Waals surface area (Å²) in [5, 5.41) is 9.38. The molecule has 1 aliphatic heterocycles. The minimum absolute atomic E-state index is 0.266. The number of rotatable bonds is 3. The van der Waals surface area contributed by atoms with E-state index < -0.39 is 0 Å². The van der Waals surface area contributed by atoms with Crippen molar-refractivity contribution in [2.45, 2.75) is 25.8 Å². The fourth-order valence-electron chi connectivity index (χ4n) is 4.27.